The molecule has 3 aromatic rings. The first-order chi connectivity index (χ1) is 16.6. The average molecular weight is 459 g/mol. The Balaban J connectivity index is 1.46. The standard InChI is InChI=1S/C27H30N4O3/c1-2-34-23-13-10-21(11-14-23)29-27(33)30-22-12-15-25(31-16-6-7-17-31)24(18-22)26(32)28-19-20-8-4-3-5-9-20/h3-5,8-15,18H,2,6-7,16-17,19H2,1H3,(H,28,32)(H2,29,30,33). The van der Waals surface area contributed by atoms with Gasteiger partial charge in [-0.2, -0.15) is 0 Å². The molecule has 1 aliphatic rings. The lowest BCUT2D eigenvalue weighted by atomic mass is 10.1. The molecule has 1 saturated heterocycles. The maximum absolute atomic E-state index is 13.1. The lowest BCUT2D eigenvalue weighted by molar-refractivity contribution is 0.0951. The summed E-state index contributed by atoms with van der Waals surface area (Å²) in [5.74, 6) is 0.582. The zero-order valence-corrected chi connectivity index (χ0v) is 19.3. The number of benzene rings is 3. The molecule has 1 heterocycles. The smallest absolute Gasteiger partial charge is 0.323 e. The first kappa shape index (κ1) is 23.2. The zero-order chi connectivity index (χ0) is 23.8. The third-order valence-electron chi connectivity index (χ3n) is 5.66. The van der Waals surface area contributed by atoms with Crippen LogP contribution in [-0.4, -0.2) is 31.6 Å². The van der Waals surface area contributed by atoms with Gasteiger partial charge in [-0.15, -0.1) is 0 Å². The van der Waals surface area contributed by atoms with Crippen LogP contribution in [0.4, 0.5) is 21.9 Å². The summed E-state index contributed by atoms with van der Waals surface area (Å²) in [5, 5.41) is 8.65. The van der Waals surface area contributed by atoms with Gasteiger partial charge in [-0.3, -0.25) is 4.79 Å². The third kappa shape index (κ3) is 6.07. The van der Waals surface area contributed by atoms with Crippen LogP contribution in [0.2, 0.25) is 0 Å². The van der Waals surface area contributed by atoms with E-state index in [0.717, 1.165) is 42.9 Å². The van der Waals surface area contributed by atoms with Gasteiger partial charge in [0.2, 0.25) is 0 Å². The molecule has 176 valence electrons. The number of hydrogen-bond acceptors (Lipinski definition) is 4. The number of hydrogen-bond donors (Lipinski definition) is 3. The summed E-state index contributed by atoms with van der Waals surface area (Å²) in [4.78, 5) is 27.9. The largest absolute Gasteiger partial charge is 0.494 e. The van der Waals surface area contributed by atoms with Gasteiger partial charge in [0.1, 0.15) is 5.75 Å². The van der Waals surface area contributed by atoms with E-state index in [2.05, 4.69) is 20.9 Å². The minimum atomic E-state index is -0.381. The van der Waals surface area contributed by atoms with E-state index in [4.69, 9.17) is 4.74 Å². The van der Waals surface area contributed by atoms with Gasteiger partial charge in [0, 0.05) is 36.7 Å². The maximum atomic E-state index is 13.1. The fraction of sp³-hybridized carbons (Fsp3) is 0.259. The van der Waals surface area contributed by atoms with Crippen LogP contribution in [0.25, 0.3) is 0 Å². The zero-order valence-electron chi connectivity index (χ0n) is 19.3. The molecule has 0 atom stereocenters. The van der Waals surface area contributed by atoms with Gasteiger partial charge in [0.05, 0.1) is 12.2 Å². The van der Waals surface area contributed by atoms with E-state index < -0.39 is 0 Å². The van der Waals surface area contributed by atoms with Crippen molar-refractivity contribution in [2.45, 2.75) is 26.3 Å². The fourth-order valence-corrected chi connectivity index (χ4v) is 4.00. The number of anilines is 3. The summed E-state index contributed by atoms with van der Waals surface area (Å²) in [6.07, 6.45) is 2.21. The van der Waals surface area contributed by atoms with E-state index in [1.165, 1.54) is 0 Å². The highest BCUT2D eigenvalue weighted by Crippen LogP contribution is 2.28. The Morgan fingerprint density at radius 3 is 2.26 bits per heavy atom. The molecule has 1 aliphatic heterocycles. The van der Waals surface area contributed by atoms with Crippen molar-refractivity contribution in [3.8, 4) is 5.75 Å². The molecular weight excluding hydrogens is 428 g/mol. The molecular formula is C27H30N4O3. The minimum absolute atomic E-state index is 0.165. The second-order valence-corrected chi connectivity index (χ2v) is 8.13. The molecule has 3 amide bonds. The molecule has 0 aromatic heterocycles. The van der Waals surface area contributed by atoms with Crippen LogP contribution in [0.15, 0.2) is 72.8 Å². The minimum Gasteiger partial charge on any atom is -0.494 e. The highest BCUT2D eigenvalue weighted by atomic mass is 16.5. The van der Waals surface area contributed by atoms with Crippen molar-refractivity contribution < 1.29 is 14.3 Å². The summed E-state index contributed by atoms with van der Waals surface area (Å²) in [7, 11) is 0. The molecule has 0 radical (unpaired) electrons. The number of urea groups is 1. The summed E-state index contributed by atoms with van der Waals surface area (Å²) >= 11 is 0. The monoisotopic (exact) mass is 458 g/mol. The molecule has 0 bridgehead atoms. The van der Waals surface area contributed by atoms with Gasteiger partial charge in [-0.05, 0) is 67.8 Å². The first-order valence-electron chi connectivity index (χ1n) is 11.6. The molecule has 7 heteroatoms. The molecule has 1 fully saturated rings. The van der Waals surface area contributed by atoms with Crippen LogP contribution >= 0.6 is 0 Å². The Bertz CT molecular complexity index is 1110. The van der Waals surface area contributed by atoms with Crippen molar-refractivity contribution in [3.05, 3.63) is 83.9 Å². The van der Waals surface area contributed by atoms with Gasteiger partial charge in [0.15, 0.2) is 0 Å². The summed E-state index contributed by atoms with van der Waals surface area (Å²) in [6.45, 7) is 4.79. The van der Waals surface area contributed by atoms with Gasteiger partial charge >= 0.3 is 6.03 Å². The molecule has 7 nitrogen and oxygen atoms in total. The van der Waals surface area contributed by atoms with Crippen molar-refractivity contribution in [1.29, 1.82) is 0 Å². The van der Waals surface area contributed by atoms with Gasteiger partial charge in [-0.25, -0.2) is 4.79 Å². The number of amides is 3. The number of carbonyl (C=O) groups is 2. The Labute approximate surface area is 200 Å². The van der Waals surface area contributed by atoms with E-state index in [-0.39, 0.29) is 11.9 Å². The van der Waals surface area contributed by atoms with Crippen LogP contribution in [0.3, 0.4) is 0 Å². The van der Waals surface area contributed by atoms with Crippen molar-refractivity contribution in [3.63, 3.8) is 0 Å². The Morgan fingerprint density at radius 2 is 1.56 bits per heavy atom. The van der Waals surface area contributed by atoms with Crippen molar-refractivity contribution in [2.75, 3.05) is 35.2 Å². The highest BCUT2D eigenvalue weighted by molar-refractivity contribution is 6.04. The van der Waals surface area contributed by atoms with Crippen molar-refractivity contribution >= 4 is 29.0 Å². The van der Waals surface area contributed by atoms with Gasteiger partial charge in [0.25, 0.3) is 5.91 Å². The van der Waals surface area contributed by atoms with Gasteiger partial charge in [-0.1, -0.05) is 30.3 Å². The van der Waals surface area contributed by atoms with E-state index in [1.807, 2.05) is 49.4 Å². The van der Waals surface area contributed by atoms with E-state index in [1.54, 1.807) is 30.3 Å². The molecule has 3 N–H and O–H groups in total. The molecule has 4 rings (SSSR count). The Morgan fingerprint density at radius 1 is 0.882 bits per heavy atom. The lowest BCUT2D eigenvalue weighted by Crippen LogP contribution is -2.27. The lowest BCUT2D eigenvalue weighted by Gasteiger charge is -2.22. The van der Waals surface area contributed by atoms with Crippen molar-refractivity contribution in [2.24, 2.45) is 0 Å². The summed E-state index contributed by atoms with van der Waals surface area (Å²) in [5.41, 5.74) is 3.67. The predicted octanol–water partition coefficient (Wildman–Crippen LogP) is 5.26. The number of nitrogens with one attached hydrogen (secondary N) is 3. The SMILES string of the molecule is CCOc1ccc(NC(=O)Nc2ccc(N3CCCC3)c(C(=O)NCc3ccccc3)c2)cc1. The predicted molar refractivity (Wildman–Crippen MR) is 136 cm³/mol. The van der Waals surface area contributed by atoms with Crippen LogP contribution in [0.1, 0.15) is 35.7 Å². The second-order valence-electron chi connectivity index (χ2n) is 8.13. The maximum Gasteiger partial charge on any atom is 0.323 e. The molecule has 0 saturated carbocycles. The summed E-state index contributed by atoms with van der Waals surface area (Å²) < 4.78 is 5.43. The average Bonchev–Trinajstić information content (AvgIpc) is 3.39. The van der Waals surface area contributed by atoms with E-state index >= 15 is 0 Å². The number of carbonyl (C=O) groups excluding carboxylic acids is 2. The first-order valence-corrected chi connectivity index (χ1v) is 11.6. The van der Waals surface area contributed by atoms with E-state index in [9.17, 15) is 9.59 Å². The van der Waals surface area contributed by atoms with Crippen LogP contribution in [0.5, 0.6) is 5.75 Å². The van der Waals surface area contributed by atoms with Crippen LogP contribution < -0.4 is 25.6 Å². The van der Waals surface area contributed by atoms with E-state index in [0.29, 0.717) is 30.1 Å². The second kappa shape index (κ2) is 11.2. The third-order valence-corrected chi connectivity index (χ3v) is 5.66. The Kier molecular flexibility index (Phi) is 7.65. The molecule has 0 aliphatic carbocycles. The normalized spacial score (nSPS) is 12.8. The molecule has 3 aromatic carbocycles. The van der Waals surface area contributed by atoms with Crippen molar-refractivity contribution in [1.82, 2.24) is 5.32 Å². The quantitative estimate of drug-likeness (QED) is 0.430. The Hall–Kier alpha value is -4.00. The highest BCUT2D eigenvalue weighted by Gasteiger charge is 2.20. The number of ether oxygens (including phenoxy) is 1. The fourth-order valence-electron chi connectivity index (χ4n) is 4.00. The van der Waals surface area contributed by atoms with Crippen LogP contribution in [-0.2, 0) is 6.54 Å². The molecule has 0 unspecified atom stereocenters. The summed E-state index contributed by atoms with van der Waals surface area (Å²) in [6, 6.07) is 22.1. The van der Waals surface area contributed by atoms with Gasteiger partial charge < -0.3 is 25.6 Å². The number of nitrogens with zero attached hydrogens (tertiary/aromatic N) is 1. The molecule has 0 spiro atoms. The molecule has 34 heavy (non-hydrogen) atoms. The van der Waals surface area contributed by atoms with Crippen LogP contribution in [0, 0.1) is 0 Å². The number of rotatable bonds is 8. The topological polar surface area (TPSA) is 82.7 Å².